The number of nitrogens with zero attached hydrogens (tertiary/aromatic N) is 2. The van der Waals surface area contributed by atoms with Gasteiger partial charge in [-0.2, -0.15) is 0 Å². The second-order valence-corrected chi connectivity index (χ2v) is 7.39. The van der Waals surface area contributed by atoms with E-state index in [2.05, 4.69) is 0 Å². The molecule has 0 radical (unpaired) electrons. The van der Waals surface area contributed by atoms with Crippen molar-refractivity contribution in [3.63, 3.8) is 0 Å². The van der Waals surface area contributed by atoms with Gasteiger partial charge < -0.3 is 14.4 Å². The molecule has 1 saturated carbocycles. The summed E-state index contributed by atoms with van der Waals surface area (Å²) >= 11 is 0. The third-order valence-corrected chi connectivity index (χ3v) is 5.38. The van der Waals surface area contributed by atoms with Gasteiger partial charge in [0.2, 0.25) is 5.91 Å². The quantitative estimate of drug-likeness (QED) is 0.659. The van der Waals surface area contributed by atoms with Crippen LogP contribution in [-0.2, 0) is 9.59 Å². The molecule has 0 aromatic heterocycles. The van der Waals surface area contributed by atoms with Gasteiger partial charge in [-0.1, -0.05) is 0 Å². The first-order chi connectivity index (χ1) is 14.5. The van der Waals surface area contributed by atoms with Gasteiger partial charge in [0.25, 0.3) is 11.8 Å². The number of hydrogen-bond donors (Lipinski definition) is 0. The predicted molar refractivity (Wildman–Crippen MR) is 111 cm³/mol. The number of hydrogen-bond acceptors (Lipinski definition) is 5. The Morgan fingerprint density at radius 3 is 2.23 bits per heavy atom. The minimum atomic E-state index is -0.786. The number of carbonyl (C=O) groups excluding carboxylic acids is 3. The summed E-state index contributed by atoms with van der Waals surface area (Å²) in [6, 6.07) is 12.8. The first-order valence-electron chi connectivity index (χ1n) is 10.1. The number of imide groups is 1. The molecule has 30 heavy (non-hydrogen) atoms. The monoisotopic (exact) mass is 408 g/mol. The zero-order valence-electron chi connectivity index (χ0n) is 17.0. The first kappa shape index (κ1) is 19.9. The maximum atomic E-state index is 13.2. The molecule has 2 aliphatic rings. The maximum absolute atomic E-state index is 13.2. The molecule has 156 valence electrons. The molecular formula is C23H24N2O5. The molecule has 1 saturated heterocycles. The lowest BCUT2D eigenvalue weighted by atomic mass is 10.1. The van der Waals surface area contributed by atoms with Crippen molar-refractivity contribution in [2.75, 3.05) is 18.6 Å². The standard InChI is InChI=1S/C23H24N2O5/c1-3-30-19-12-8-17(9-13-19)25-21(26)14-20(23(25)28)24(16-6-7-16)22(27)15-4-10-18(29-2)11-5-15/h4-5,8-13,16,20H,3,6-7,14H2,1-2H3. The second-order valence-electron chi connectivity index (χ2n) is 7.39. The van der Waals surface area contributed by atoms with Crippen LogP contribution in [-0.4, -0.2) is 48.4 Å². The Morgan fingerprint density at radius 1 is 1.03 bits per heavy atom. The summed E-state index contributed by atoms with van der Waals surface area (Å²) in [5.41, 5.74) is 0.964. The Hall–Kier alpha value is -3.35. The van der Waals surface area contributed by atoms with Crippen LogP contribution in [0.15, 0.2) is 48.5 Å². The summed E-state index contributed by atoms with van der Waals surface area (Å²) in [7, 11) is 1.56. The Bertz CT molecular complexity index is 951. The van der Waals surface area contributed by atoms with Gasteiger partial charge in [-0.15, -0.1) is 0 Å². The highest BCUT2D eigenvalue weighted by molar-refractivity contribution is 6.23. The van der Waals surface area contributed by atoms with Gasteiger partial charge in [-0.05, 0) is 68.3 Å². The molecule has 0 spiro atoms. The summed E-state index contributed by atoms with van der Waals surface area (Å²) in [5.74, 6) is 0.421. The third-order valence-electron chi connectivity index (χ3n) is 5.38. The van der Waals surface area contributed by atoms with Crippen LogP contribution in [0.4, 0.5) is 5.69 Å². The van der Waals surface area contributed by atoms with Crippen molar-refractivity contribution in [3.05, 3.63) is 54.1 Å². The highest BCUT2D eigenvalue weighted by Crippen LogP contribution is 2.35. The van der Waals surface area contributed by atoms with E-state index in [9.17, 15) is 14.4 Å². The molecule has 4 rings (SSSR count). The summed E-state index contributed by atoms with van der Waals surface area (Å²) in [4.78, 5) is 41.9. The molecule has 0 N–H and O–H groups in total. The van der Waals surface area contributed by atoms with Crippen molar-refractivity contribution in [3.8, 4) is 11.5 Å². The van der Waals surface area contributed by atoms with Gasteiger partial charge >= 0.3 is 0 Å². The highest BCUT2D eigenvalue weighted by atomic mass is 16.5. The smallest absolute Gasteiger partial charge is 0.257 e. The van der Waals surface area contributed by atoms with Crippen molar-refractivity contribution in [1.82, 2.24) is 4.90 Å². The fourth-order valence-electron chi connectivity index (χ4n) is 3.76. The molecule has 7 heteroatoms. The number of benzene rings is 2. The number of rotatable bonds is 7. The van der Waals surface area contributed by atoms with E-state index in [0.717, 1.165) is 12.8 Å². The van der Waals surface area contributed by atoms with Gasteiger partial charge in [-0.3, -0.25) is 14.4 Å². The molecule has 3 amide bonds. The molecule has 1 atom stereocenters. The highest BCUT2D eigenvalue weighted by Gasteiger charge is 2.48. The molecule has 1 heterocycles. The average molecular weight is 408 g/mol. The van der Waals surface area contributed by atoms with Crippen molar-refractivity contribution >= 4 is 23.4 Å². The topological polar surface area (TPSA) is 76.2 Å². The van der Waals surface area contributed by atoms with Crippen LogP contribution >= 0.6 is 0 Å². The van der Waals surface area contributed by atoms with Gasteiger partial charge in [-0.25, -0.2) is 4.90 Å². The Morgan fingerprint density at radius 2 is 1.67 bits per heavy atom. The fraction of sp³-hybridized carbons (Fsp3) is 0.348. The predicted octanol–water partition coefficient (Wildman–Crippen LogP) is 3.03. The molecule has 1 unspecified atom stereocenters. The molecule has 7 nitrogen and oxygen atoms in total. The van der Waals surface area contributed by atoms with Crippen LogP contribution in [0.25, 0.3) is 0 Å². The van der Waals surface area contributed by atoms with Gasteiger partial charge in [0, 0.05) is 11.6 Å². The lowest BCUT2D eigenvalue weighted by Gasteiger charge is -2.27. The van der Waals surface area contributed by atoms with Crippen LogP contribution in [0.2, 0.25) is 0 Å². The lowest BCUT2D eigenvalue weighted by molar-refractivity contribution is -0.122. The van der Waals surface area contributed by atoms with Gasteiger partial charge in [0.05, 0.1) is 25.8 Å². The zero-order valence-corrected chi connectivity index (χ0v) is 17.0. The largest absolute Gasteiger partial charge is 0.497 e. The van der Waals surface area contributed by atoms with E-state index in [1.165, 1.54) is 4.90 Å². The molecular weight excluding hydrogens is 384 g/mol. The van der Waals surface area contributed by atoms with E-state index in [1.54, 1.807) is 60.5 Å². The van der Waals surface area contributed by atoms with Crippen LogP contribution in [0.3, 0.4) is 0 Å². The van der Waals surface area contributed by atoms with Crippen LogP contribution in [0, 0.1) is 0 Å². The number of carbonyl (C=O) groups is 3. The number of methoxy groups -OCH3 is 1. The van der Waals surface area contributed by atoms with Crippen molar-refractivity contribution in [2.24, 2.45) is 0 Å². The average Bonchev–Trinajstić information content (AvgIpc) is 3.55. The van der Waals surface area contributed by atoms with Crippen molar-refractivity contribution in [2.45, 2.75) is 38.3 Å². The second kappa shape index (κ2) is 8.18. The zero-order chi connectivity index (χ0) is 21.3. The minimum absolute atomic E-state index is 0.00948. The molecule has 2 aromatic rings. The molecule has 2 aromatic carbocycles. The Labute approximate surface area is 175 Å². The van der Waals surface area contributed by atoms with E-state index in [0.29, 0.717) is 29.4 Å². The summed E-state index contributed by atoms with van der Waals surface area (Å²) < 4.78 is 10.6. The third kappa shape index (κ3) is 3.75. The number of ether oxygens (including phenoxy) is 2. The van der Waals surface area contributed by atoms with Gasteiger partial charge in [0.1, 0.15) is 17.5 Å². The Kier molecular flexibility index (Phi) is 5.44. The van der Waals surface area contributed by atoms with E-state index >= 15 is 0 Å². The molecule has 0 bridgehead atoms. The van der Waals surface area contributed by atoms with Crippen molar-refractivity contribution in [1.29, 1.82) is 0 Å². The van der Waals surface area contributed by atoms with E-state index in [-0.39, 0.29) is 30.2 Å². The fourth-order valence-corrected chi connectivity index (χ4v) is 3.76. The lowest BCUT2D eigenvalue weighted by Crippen LogP contribution is -2.46. The maximum Gasteiger partial charge on any atom is 0.257 e. The molecule has 1 aliphatic carbocycles. The van der Waals surface area contributed by atoms with Crippen molar-refractivity contribution < 1.29 is 23.9 Å². The molecule has 2 fully saturated rings. The normalized spacial score (nSPS) is 18.5. The van der Waals surface area contributed by atoms with E-state index < -0.39 is 6.04 Å². The summed E-state index contributed by atoms with van der Waals surface area (Å²) in [5, 5.41) is 0. The Balaban J connectivity index is 1.57. The minimum Gasteiger partial charge on any atom is -0.497 e. The van der Waals surface area contributed by atoms with E-state index in [1.807, 2.05) is 6.92 Å². The number of amides is 3. The van der Waals surface area contributed by atoms with E-state index in [4.69, 9.17) is 9.47 Å². The van der Waals surface area contributed by atoms with Crippen LogP contribution < -0.4 is 14.4 Å². The summed E-state index contributed by atoms with van der Waals surface area (Å²) in [6.07, 6.45) is 1.66. The molecule has 1 aliphatic heterocycles. The number of anilines is 1. The first-order valence-corrected chi connectivity index (χ1v) is 10.1. The van der Waals surface area contributed by atoms with Crippen LogP contribution in [0.5, 0.6) is 11.5 Å². The summed E-state index contributed by atoms with van der Waals surface area (Å²) in [6.45, 7) is 2.42. The van der Waals surface area contributed by atoms with Gasteiger partial charge in [0.15, 0.2) is 0 Å². The van der Waals surface area contributed by atoms with Crippen LogP contribution in [0.1, 0.15) is 36.5 Å². The SMILES string of the molecule is CCOc1ccc(N2C(=O)CC(N(C(=O)c3ccc(OC)cc3)C3CC3)C2=O)cc1.